The zero-order chi connectivity index (χ0) is 37.0. The molecule has 0 N–H and O–H groups in total. The summed E-state index contributed by atoms with van der Waals surface area (Å²) in [5.74, 6) is 0. The first kappa shape index (κ1) is 34.1. The summed E-state index contributed by atoms with van der Waals surface area (Å²) in [4.78, 5) is 2.42. The molecule has 11 aromatic rings. The molecule has 0 unspecified atom stereocenters. The lowest BCUT2D eigenvalue weighted by Crippen LogP contribution is -2.10. The number of rotatable bonds is 6. The molecule has 0 radical (unpaired) electrons. The van der Waals surface area contributed by atoms with Gasteiger partial charge >= 0.3 is 0 Å². The van der Waals surface area contributed by atoms with Crippen molar-refractivity contribution in [2.24, 2.45) is 0 Å². The Morgan fingerprint density at radius 3 is 1.61 bits per heavy atom. The predicted molar refractivity (Wildman–Crippen MR) is 245 cm³/mol. The van der Waals surface area contributed by atoms with Gasteiger partial charge in [-0.25, -0.2) is 0 Å². The number of benzene rings is 9. The summed E-state index contributed by atoms with van der Waals surface area (Å²) >= 11 is 0. The zero-order valence-electron chi connectivity index (χ0n) is 30.7. The first-order valence-corrected chi connectivity index (χ1v) is 19.3. The van der Waals surface area contributed by atoms with Crippen molar-refractivity contribution in [3.63, 3.8) is 0 Å². The Bertz CT molecular complexity index is 3210. The molecular weight excluding hydrogens is 689 g/mol. The van der Waals surface area contributed by atoms with Gasteiger partial charge in [0, 0.05) is 39.5 Å². The minimum atomic E-state index is 0. The molecule has 2 aromatic heterocycles. The summed E-state index contributed by atoms with van der Waals surface area (Å²) in [7, 11) is 0. The molecule has 270 valence electrons. The maximum Gasteiger partial charge on any atom is 0.0619 e. The monoisotopic (exact) mass is 728 g/mol. The smallest absolute Gasteiger partial charge is 0.0619 e. The van der Waals surface area contributed by atoms with Crippen LogP contribution in [-0.2, 0) is 0 Å². The highest BCUT2D eigenvalue weighted by Gasteiger charge is 2.21. The lowest BCUT2D eigenvalue weighted by molar-refractivity contribution is 1.25. The van der Waals surface area contributed by atoms with Gasteiger partial charge in [0.15, 0.2) is 0 Å². The van der Waals surface area contributed by atoms with E-state index in [1.165, 1.54) is 82.1 Å². The highest BCUT2D eigenvalue weighted by Crippen LogP contribution is 2.45. The van der Waals surface area contributed by atoms with E-state index in [0.717, 1.165) is 17.1 Å². The van der Waals surface area contributed by atoms with E-state index in [-0.39, 0.29) is 7.43 Å². The first-order chi connectivity index (χ1) is 27.8. The summed E-state index contributed by atoms with van der Waals surface area (Å²) in [6.07, 6.45) is 2.21. The van der Waals surface area contributed by atoms with Gasteiger partial charge in [-0.1, -0.05) is 177 Å². The van der Waals surface area contributed by atoms with Gasteiger partial charge < -0.3 is 9.30 Å². The van der Waals surface area contributed by atoms with Crippen LogP contribution in [0.2, 0.25) is 0 Å². The maximum atomic E-state index is 2.42. The molecule has 0 aliphatic heterocycles. The number of pyridine rings is 1. The van der Waals surface area contributed by atoms with E-state index in [2.05, 4.69) is 228 Å². The molecule has 57 heavy (non-hydrogen) atoms. The molecule has 0 aliphatic rings. The molecule has 0 fully saturated rings. The van der Waals surface area contributed by atoms with E-state index in [1.807, 2.05) is 0 Å². The number of hydrogen-bond acceptors (Lipinski definition) is 1. The molecule has 0 atom stereocenters. The Kier molecular flexibility index (Phi) is 8.38. The fraction of sp³-hybridized carbons (Fsp3) is 0.0182. The quantitative estimate of drug-likeness (QED) is 0.155. The summed E-state index contributed by atoms with van der Waals surface area (Å²) in [5, 5.41) is 8.74. The van der Waals surface area contributed by atoms with Crippen molar-refractivity contribution in [3.05, 3.63) is 219 Å². The number of hydrogen-bond donors (Lipinski definition) is 0. The SMILES string of the molecule is C.c1ccc(-c2ccc(N(c3ccc(-c4cccn5c4c(-c4ccccc4)c4c6ccccc6ccc45)cc3)c3cc4ccccc4c4ccccc34)cc2)cc1. The summed E-state index contributed by atoms with van der Waals surface area (Å²) in [6.45, 7) is 0. The Labute approximate surface area is 333 Å². The van der Waals surface area contributed by atoms with E-state index >= 15 is 0 Å². The van der Waals surface area contributed by atoms with E-state index in [9.17, 15) is 0 Å². The van der Waals surface area contributed by atoms with Crippen LogP contribution in [0.5, 0.6) is 0 Å². The van der Waals surface area contributed by atoms with Crippen LogP contribution < -0.4 is 4.90 Å². The van der Waals surface area contributed by atoms with Gasteiger partial charge in [0.1, 0.15) is 0 Å². The molecule has 0 spiro atoms. The highest BCUT2D eigenvalue weighted by atomic mass is 15.1. The molecule has 0 bridgehead atoms. The van der Waals surface area contributed by atoms with Crippen LogP contribution in [-0.4, -0.2) is 4.40 Å². The summed E-state index contributed by atoms with van der Waals surface area (Å²) in [6, 6.07) is 77.2. The average Bonchev–Trinajstić information content (AvgIpc) is 3.63. The van der Waals surface area contributed by atoms with Gasteiger partial charge in [-0.15, -0.1) is 0 Å². The lowest BCUT2D eigenvalue weighted by Gasteiger charge is -2.28. The van der Waals surface area contributed by atoms with Gasteiger partial charge in [-0.2, -0.15) is 0 Å². The number of anilines is 3. The molecule has 0 amide bonds. The van der Waals surface area contributed by atoms with Crippen LogP contribution in [0.15, 0.2) is 219 Å². The van der Waals surface area contributed by atoms with Crippen LogP contribution in [0.4, 0.5) is 17.1 Å². The number of nitrogens with zero attached hydrogens (tertiary/aromatic N) is 2. The van der Waals surface area contributed by atoms with Gasteiger partial charge in [0.05, 0.1) is 16.7 Å². The fourth-order valence-electron chi connectivity index (χ4n) is 8.80. The van der Waals surface area contributed by atoms with Crippen LogP contribution >= 0.6 is 0 Å². The van der Waals surface area contributed by atoms with E-state index in [4.69, 9.17) is 0 Å². The van der Waals surface area contributed by atoms with E-state index in [0.29, 0.717) is 0 Å². The maximum absolute atomic E-state index is 2.42. The molecule has 11 rings (SSSR count). The summed E-state index contributed by atoms with van der Waals surface area (Å²) in [5.41, 5.74) is 13.0. The zero-order valence-corrected chi connectivity index (χ0v) is 30.7. The third-order valence-electron chi connectivity index (χ3n) is 11.4. The molecule has 0 saturated carbocycles. The topological polar surface area (TPSA) is 7.65 Å². The molecular formula is C55H40N2. The van der Waals surface area contributed by atoms with Gasteiger partial charge in [0.2, 0.25) is 0 Å². The first-order valence-electron chi connectivity index (χ1n) is 19.3. The van der Waals surface area contributed by atoms with Crippen LogP contribution in [0.3, 0.4) is 0 Å². The van der Waals surface area contributed by atoms with E-state index < -0.39 is 0 Å². The molecule has 2 nitrogen and oxygen atoms in total. The minimum absolute atomic E-state index is 0. The Morgan fingerprint density at radius 1 is 0.368 bits per heavy atom. The highest BCUT2D eigenvalue weighted by molar-refractivity contribution is 6.20. The van der Waals surface area contributed by atoms with Crippen LogP contribution in [0.25, 0.3) is 82.1 Å². The Balaban J connectivity index is 0.00000396. The standard InChI is InChI=1S/C54H36N2.CH4/c1-3-14-37(15-4-1)38-25-30-43(31-26-38)56(51-36-42-19-8-9-20-45(42)48-22-11-12-23-49(48)51)44-32-27-40(28-33-44)47-24-13-35-55-50-34-29-39-16-7-10-21-46(39)53(50)52(54(47)55)41-17-5-2-6-18-41;/h1-36H;1H4. The third-order valence-corrected chi connectivity index (χ3v) is 11.4. The second-order valence-corrected chi connectivity index (χ2v) is 14.5. The normalized spacial score (nSPS) is 11.4. The lowest BCUT2D eigenvalue weighted by atomic mass is 9.95. The van der Waals surface area contributed by atoms with Crippen LogP contribution in [0.1, 0.15) is 7.43 Å². The van der Waals surface area contributed by atoms with Gasteiger partial charge in [-0.3, -0.25) is 0 Å². The van der Waals surface area contributed by atoms with Crippen molar-refractivity contribution >= 4 is 65.8 Å². The Morgan fingerprint density at radius 2 is 0.912 bits per heavy atom. The molecule has 0 saturated heterocycles. The van der Waals surface area contributed by atoms with Crippen molar-refractivity contribution in [2.75, 3.05) is 4.90 Å². The number of aromatic nitrogens is 1. The van der Waals surface area contributed by atoms with Gasteiger partial charge in [-0.05, 0) is 91.6 Å². The fourth-order valence-corrected chi connectivity index (χ4v) is 8.80. The summed E-state index contributed by atoms with van der Waals surface area (Å²) < 4.78 is 2.38. The Hall–Kier alpha value is -7.42. The van der Waals surface area contributed by atoms with Crippen molar-refractivity contribution in [1.82, 2.24) is 4.40 Å². The second kappa shape index (κ2) is 14.0. The molecule has 0 aliphatic carbocycles. The largest absolute Gasteiger partial charge is 0.315 e. The third kappa shape index (κ3) is 5.65. The second-order valence-electron chi connectivity index (χ2n) is 14.5. The molecule has 9 aromatic carbocycles. The van der Waals surface area contributed by atoms with Crippen LogP contribution in [0, 0.1) is 0 Å². The van der Waals surface area contributed by atoms with E-state index in [1.54, 1.807) is 0 Å². The van der Waals surface area contributed by atoms with Crippen molar-refractivity contribution < 1.29 is 0 Å². The van der Waals surface area contributed by atoms with Crippen molar-refractivity contribution in [2.45, 2.75) is 7.43 Å². The molecule has 2 heteroatoms. The van der Waals surface area contributed by atoms with Gasteiger partial charge in [0.25, 0.3) is 0 Å². The minimum Gasteiger partial charge on any atom is -0.315 e. The average molecular weight is 729 g/mol. The predicted octanol–water partition coefficient (Wildman–Crippen LogP) is 15.7. The van der Waals surface area contributed by atoms with Crippen molar-refractivity contribution in [1.29, 1.82) is 0 Å². The molecule has 2 heterocycles. The number of fused-ring (bicyclic) bond motifs is 8. The van der Waals surface area contributed by atoms with Crippen molar-refractivity contribution in [3.8, 4) is 33.4 Å².